The highest BCUT2D eigenvalue weighted by Crippen LogP contribution is 2.54. The van der Waals surface area contributed by atoms with Crippen molar-refractivity contribution < 1.29 is 34.3 Å². The smallest absolute Gasteiger partial charge is 0.192 e. The van der Waals surface area contributed by atoms with Crippen molar-refractivity contribution in [2.24, 2.45) is 0 Å². The standard InChI is InChI=1S/C16H30BO7PS/c1-10(2)21-8-14-13(7-16(17)23-14)24-25(18,19)26-9-15-12(5-6-20-15)22-11(3)4/h10-16H,5-9H2,1-4H3,(H,18,19)/p-1/t12?,13?,14-,15-,16-/m1/s1/i6T/t6-,12?,13?,14+,15+,16+/m0. The molecule has 0 amide bonds. The summed E-state index contributed by atoms with van der Waals surface area (Å²) in [4.78, 5) is 12.4. The van der Waals surface area contributed by atoms with E-state index in [1.165, 1.54) is 0 Å². The quantitative estimate of drug-likeness (QED) is 0.399. The topological polar surface area (TPSA) is 86.3 Å². The summed E-state index contributed by atoms with van der Waals surface area (Å²) < 4.78 is 47.8. The summed E-state index contributed by atoms with van der Waals surface area (Å²) in [6, 6.07) is -0.577. The number of rotatable bonds is 10. The van der Waals surface area contributed by atoms with Crippen LogP contribution in [0.1, 0.15) is 41.9 Å². The molecule has 2 rings (SSSR count). The van der Waals surface area contributed by atoms with Crippen molar-refractivity contribution in [2.75, 3.05) is 18.9 Å². The van der Waals surface area contributed by atoms with Gasteiger partial charge in [0.05, 0.1) is 38.5 Å². The molecule has 0 N–H and O–H groups in total. The fraction of sp³-hybridized carbons (Fsp3) is 1.00. The maximum atomic E-state index is 12.4. The van der Waals surface area contributed by atoms with Crippen molar-refractivity contribution >= 4 is 26.0 Å². The molecule has 2 fully saturated rings. The van der Waals surface area contributed by atoms with Crippen LogP contribution in [-0.4, -0.2) is 69.4 Å². The molecule has 2 aliphatic heterocycles. The summed E-state index contributed by atoms with van der Waals surface area (Å²) in [7, 11) is 5.78. The Kier molecular flexibility index (Phi) is 8.33. The van der Waals surface area contributed by atoms with Crippen LogP contribution in [0, 0.1) is 0 Å². The van der Waals surface area contributed by atoms with Crippen molar-refractivity contribution in [3.8, 4) is 0 Å². The van der Waals surface area contributed by atoms with Crippen LogP contribution in [0.4, 0.5) is 0 Å². The van der Waals surface area contributed by atoms with Crippen LogP contribution < -0.4 is 4.89 Å². The van der Waals surface area contributed by atoms with E-state index in [2.05, 4.69) is 0 Å². The minimum Gasteiger partial charge on any atom is -0.770 e. The molecule has 0 bridgehead atoms. The Morgan fingerprint density at radius 1 is 1.31 bits per heavy atom. The molecule has 0 aromatic heterocycles. The van der Waals surface area contributed by atoms with E-state index in [0.29, 0.717) is 17.8 Å². The first-order valence-corrected chi connectivity index (χ1v) is 12.1. The summed E-state index contributed by atoms with van der Waals surface area (Å²) in [5, 5.41) is 0. The molecule has 150 valence electrons. The summed E-state index contributed by atoms with van der Waals surface area (Å²) in [5.74, 6) is 0.139. The van der Waals surface area contributed by atoms with E-state index in [-0.39, 0.29) is 37.1 Å². The summed E-state index contributed by atoms with van der Waals surface area (Å²) in [6.07, 6.45) is -1.28. The van der Waals surface area contributed by atoms with Gasteiger partial charge >= 0.3 is 0 Å². The zero-order valence-electron chi connectivity index (χ0n) is 16.7. The summed E-state index contributed by atoms with van der Waals surface area (Å²) >= 11 is 0.676. The Bertz CT molecular complexity index is 515. The number of hydrogen-bond donors (Lipinski definition) is 0. The van der Waals surface area contributed by atoms with Gasteiger partial charge in [0.25, 0.3) is 0 Å². The van der Waals surface area contributed by atoms with E-state index in [0.717, 1.165) is 0 Å². The monoisotopic (exact) mass is 409 g/mol. The van der Waals surface area contributed by atoms with Gasteiger partial charge in [0, 0.05) is 18.3 Å². The van der Waals surface area contributed by atoms with E-state index in [9.17, 15) is 9.46 Å². The fourth-order valence-corrected chi connectivity index (χ4v) is 5.55. The zero-order chi connectivity index (χ0) is 20.2. The molecule has 0 saturated carbocycles. The van der Waals surface area contributed by atoms with Crippen LogP contribution in [0.15, 0.2) is 0 Å². The fourth-order valence-electron chi connectivity index (χ4n) is 2.81. The Morgan fingerprint density at radius 3 is 2.69 bits per heavy atom. The van der Waals surface area contributed by atoms with Gasteiger partial charge in [-0.05, 0) is 40.5 Å². The average Bonchev–Trinajstić information content (AvgIpc) is 3.04. The molecule has 10 heteroatoms. The van der Waals surface area contributed by atoms with Gasteiger partial charge in [-0.3, -0.25) is 4.57 Å². The van der Waals surface area contributed by atoms with Gasteiger partial charge in [-0.25, -0.2) is 0 Å². The van der Waals surface area contributed by atoms with Gasteiger partial charge in [0.2, 0.25) is 0 Å². The van der Waals surface area contributed by atoms with Gasteiger partial charge in [-0.2, -0.15) is 0 Å². The molecule has 0 aromatic rings. The van der Waals surface area contributed by atoms with Gasteiger partial charge in [0.15, 0.2) is 6.80 Å². The SMILES string of the molecule is [3H][C@H]1CC(OC(C)C)[C@@H](CSP(=O)([O-])OC2C[C@H]([B])O[C@@H]2COC(C)C)O1. The van der Waals surface area contributed by atoms with E-state index in [4.69, 9.17) is 32.7 Å². The van der Waals surface area contributed by atoms with Crippen LogP contribution in [0.25, 0.3) is 0 Å². The van der Waals surface area contributed by atoms with Crippen LogP contribution in [0.5, 0.6) is 0 Å². The van der Waals surface area contributed by atoms with Crippen LogP contribution in [0.3, 0.4) is 0 Å². The normalized spacial score (nSPS) is 38.0. The highest BCUT2D eigenvalue weighted by atomic mass is 32.7. The van der Waals surface area contributed by atoms with E-state index >= 15 is 0 Å². The third-order valence-corrected chi connectivity index (χ3v) is 6.92. The highest BCUT2D eigenvalue weighted by Gasteiger charge is 2.37. The molecular weight excluding hydrogens is 378 g/mol. The lowest BCUT2D eigenvalue weighted by atomic mass is 9.96. The Morgan fingerprint density at radius 2 is 2.04 bits per heavy atom. The summed E-state index contributed by atoms with van der Waals surface area (Å²) in [5.41, 5.74) is 0. The molecule has 26 heavy (non-hydrogen) atoms. The van der Waals surface area contributed by atoms with E-state index < -0.39 is 37.7 Å². The highest BCUT2D eigenvalue weighted by molar-refractivity contribution is 8.54. The second-order valence-electron chi connectivity index (χ2n) is 7.02. The second-order valence-corrected chi connectivity index (χ2v) is 10.8. The average molecular weight is 409 g/mol. The second kappa shape index (κ2) is 10.3. The maximum absolute atomic E-state index is 12.4. The molecule has 0 aliphatic carbocycles. The molecule has 0 spiro atoms. The van der Waals surface area contributed by atoms with E-state index in [1.807, 2.05) is 27.7 Å². The van der Waals surface area contributed by atoms with Crippen molar-refractivity contribution in [1.29, 1.82) is 0 Å². The predicted molar refractivity (Wildman–Crippen MR) is 99.4 cm³/mol. The maximum Gasteiger partial charge on any atom is 0.192 e. The van der Waals surface area contributed by atoms with Gasteiger partial charge in [-0.15, -0.1) is 0 Å². The summed E-state index contributed by atoms with van der Waals surface area (Å²) in [6.45, 7) is 2.87. The molecule has 0 aromatic carbocycles. The first-order chi connectivity index (χ1) is 12.6. The first kappa shape index (κ1) is 21.1. The van der Waals surface area contributed by atoms with Crippen LogP contribution in [-0.2, 0) is 28.0 Å². The number of ether oxygens (including phenoxy) is 4. The molecule has 2 saturated heterocycles. The Labute approximate surface area is 162 Å². The molecule has 2 radical (unpaired) electrons. The molecule has 2 heterocycles. The van der Waals surface area contributed by atoms with Crippen molar-refractivity contribution in [3.63, 3.8) is 0 Å². The van der Waals surface area contributed by atoms with Crippen LogP contribution >= 0.6 is 18.2 Å². The Hall–Kier alpha value is 0.405. The lowest BCUT2D eigenvalue weighted by Gasteiger charge is -2.30. The van der Waals surface area contributed by atoms with Gasteiger partial charge < -0.3 is 28.4 Å². The van der Waals surface area contributed by atoms with Crippen molar-refractivity contribution in [1.82, 2.24) is 0 Å². The van der Waals surface area contributed by atoms with Gasteiger partial charge in [0.1, 0.15) is 14.0 Å². The zero-order valence-corrected chi connectivity index (χ0v) is 17.4. The Balaban J connectivity index is 1.87. The third kappa shape index (κ3) is 7.43. The van der Waals surface area contributed by atoms with Crippen molar-refractivity contribution in [2.45, 2.75) is 83.2 Å². The minimum atomic E-state index is -4.21. The van der Waals surface area contributed by atoms with Crippen molar-refractivity contribution in [3.05, 3.63) is 0 Å². The lowest BCUT2D eigenvalue weighted by Crippen LogP contribution is -2.31. The molecule has 3 unspecified atom stereocenters. The first-order valence-electron chi connectivity index (χ1n) is 9.53. The number of hydrogen-bond acceptors (Lipinski definition) is 8. The molecule has 7 nitrogen and oxygen atoms in total. The predicted octanol–water partition coefficient (Wildman–Crippen LogP) is 1.86. The van der Waals surface area contributed by atoms with Gasteiger partial charge in [-0.1, -0.05) is 11.4 Å². The minimum absolute atomic E-state index is 0.00488. The molecule has 2 aliphatic rings. The molecular formula is C16H29BO7PS-. The lowest BCUT2D eigenvalue weighted by molar-refractivity contribution is -0.196. The van der Waals surface area contributed by atoms with Crippen LogP contribution in [0.2, 0.25) is 0 Å². The van der Waals surface area contributed by atoms with E-state index in [1.54, 1.807) is 0 Å². The molecule has 7 atom stereocenters. The largest absolute Gasteiger partial charge is 0.770 e. The third-order valence-electron chi connectivity index (χ3n) is 3.95.